The number of nitrogens with zero attached hydrogens (tertiary/aromatic N) is 2. The molecule has 0 spiro atoms. The normalized spacial score (nSPS) is 10.3. The summed E-state index contributed by atoms with van der Waals surface area (Å²) in [5.74, 6) is 0.690. The van der Waals surface area contributed by atoms with Crippen LogP contribution in [0.3, 0.4) is 0 Å². The highest BCUT2D eigenvalue weighted by atomic mass is 79.9. The third-order valence-electron chi connectivity index (χ3n) is 3.14. The van der Waals surface area contributed by atoms with Gasteiger partial charge in [0.2, 0.25) is 0 Å². The van der Waals surface area contributed by atoms with Crippen LogP contribution in [-0.4, -0.2) is 29.9 Å². The Kier molecular flexibility index (Phi) is 4.96. The topological polar surface area (TPSA) is 45.2 Å². The number of nitrogens with one attached hydrogen (secondary N) is 1. The van der Waals surface area contributed by atoms with Gasteiger partial charge in [0.1, 0.15) is 5.82 Å². The molecule has 0 aliphatic carbocycles. The van der Waals surface area contributed by atoms with Crippen LogP contribution in [0.1, 0.15) is 21.6 Å². The number of aromatic nitrogens is 1. The van der Waals surface area contributed by atoms with Gasteiger partial charge in [0.25, 0.3) is 5.91 Å². The van der Waals surface area contributed by atoms with Gasteiger partial charge in [-0.2, -0.15) is 0 Å². The van der Waals surface area contributed by atoms with E-state index in [9.17, 15) is 4.79 Å². The first-order chi connectivity index (χ1) is 9.99. The van der Waals surface area contributed by atoms with Crippen LogP contribution >= 0.6 is 15.9 Å². The molecule has 0 saturated heterocycles. The molecule has 0 aliphatic heterocycles. The van der Waals surface area contributed by atoms with Crippen LogP contribution < -0.4 is 5.32 Å². The quantitative estimate of drug-likeness (QED) is 0.920. The number of hydrogen-bond acceptors (Lipinski definition) is 3. The Hall–Kier alpha value is -1.88. The van der Waals surface area contributed by atoms with Gasteiger partial charge in [-0.05, 0) is 36.8 Å². The molecule has 5 heteroatoms. The van der Waals surface area contributed by atoms with Crippen molar-refractivity contribution in [3.63, 3.8) is 0 Å². The number of benzene rings is 1. The van der Waals surface area contributed by atoms with Crippen LogP contribution in [-0.2, 0) is 6.54 Å². The molecule has 2 rings (SSSR count). The Morgan fingerprint density at radius 2 is 1.95 bits per heavy atom. The average Bonchev–Trinajstić information content (AvgIpc) is 2.48. The molecular weight excluding hydrogens is 330 g/mol. The Bertz CT molecular complexity index is 640. The van der Waals surface area contributed by atoms with Crippen LogP contribution in [0.15, 0.2) is 40.9 Å². The Morgan fingerprint density at radius 1 is 1.29 bits per heavy atom. The maximum atomic E-state index is 12.5. The Labute approximate surface area is 133 Å². The number of rotatable bonds is 4. The highest BCUT2D eigenvalue weighted by molar-refractivity contribution is 9.10. The lowest BCUT2D eigenvalue weighted by Crippen LogP contribution is -2.26. The summed E-state index contributed by atoms with van der Waals surface area (Å²) in [5, 5.41) is 2.97. The molecule has 110 valence electrons. The highest BCUT2D eigenvalue weighted by Gasteiger charge is 2.13. The zero-order valence-corrected chi connectivity index (χ0v) is 13.9. The molecule has 0 fully saturated rings. The molecule has 1 aromatic carbocycles. The monoisotopic (exact) mass is 347 g/mol. The smallest absolute Gasteiger partial charge is 0.254 e. The SMILES string of the molecule is CNc1cc(C(=O)N(C)Cc2ccc(Br)cc2)cc(C)n1. The lowest BCUT2D eigenvalue weighted by molar-refractivity contribution is 0.0785. The largest absolute Gasteiger partial charge is 0.373 e. The summed E-state index contributed by atoms with van der Waals surface area (Å²) < 4.78 is 1.03. The van der Waals surface area contributed by atoms with Gasteiger partial charge in [-0.25, -0.2) is 4.98 Å². The molecule has 0 aliphatic rings. The fourth-order valence-electron chi connectivity index (χ4n) is 2.08. The van der Waals surface area contributed by atoms with Crippen molar-refractivity contribution in [3.05, 3.63) is 57.7 Å². The second kappa shape index (κ2) is 6.72. The summed E-state index contributed by atoms with van der Waals surface area (Å²) in [5.41, 5.74) is 2.56. The van der Waals surface area contributed by atoms with Crippen molar-refractivity contribution in [2.45, 2.75) is 13.5 Å². The van der Waals surface area contributed by atoms with Crippen molar-refractivity contribution in [3.8, 4) is 0 Å². The van der Waals surface area contributed by atoms with E-state index in [2.05, 4.69) is 26.2 Å². The number of pyridine rings is 1. The number of hydrogen-bond donors (Lipinski definition) is 1. The van der Waals surface area contributed by atoms with Crippen LogP contribution in [0, 0.1) is 6.92 Å². The van der Waals surface area contributed by atoms with Crippen molar-refractivity contribution in [1.82, 2.24) is 9.88 Å². The van der Waals surface area contributed by atoms with E-state index in [0.29, 0.717) is 17.9 Å². The fourth-order valence-corrected chi connectivity index (χ4v) is 2.34. The molecular formula is C16H18BrN3O. The molecule has 1 aromatic heterocycles. The molecule has 21 heavy (non-hydrogen) atoms. The number of anilines is 1. The molecule has 1 amide bonds. The number of halogens is 1. The third-order valence-corrected chi connectivity index (χ3v) is 3.66. The Balaban J connectivity index is 2.15. The molecule has 0 saturated carbocycles. The predicted octanol–water partition coefficient (Wildman–Crippen LogP) is 3.47. The second-order valence-corrected chi connectivity index (χ2v) is 5.84. The number of aryl methyl sites for hydroxylation is 1. The van der Waals surface area contributed by atoms with E-state index in [1.165, 1.54) is 0 Å². The van der Waals surface area contributed by atoms with Crippen LogP contribution in [0.2, 0.25) is 0 Å². The predicted molar refractivity (Wildman–Crippen MR) is 88.5 cm³/mol. The van der Waals surface area contributed by atoms with Gasteiger partial charge in [-0.15, -0.1) is 0 Å². The van der Waals surface area contributed by atoms with Crippen molar-refractivity contribution in [1.29, 1.82) is 0 Å². The number of amides is 1. The number of carbonyl (C=O) groups excluding carboxylic acids is 1. The van der Waals surface area contributed by atoms with Gasteiger partial charge in [0, 0.05) is 36.4 Å². The summed E-state index contributed by atoms with van der Waals surface area (Å²) in [6.07, 6.45) is 0. The first kappa shape index (κ1) is 15.5. The van der Waals surface area contributed by atoms with E-state index < -0.39 is 0 Å². The van der Waals surface area contributed by atoms with Crippen molar-refractivity contribution in [2.75, 3.05) is 19.4 Å². The van der Waals surface area contributed by atoms with E-state index in [-0.39, 0.29) is 5.91 Å². The molecule has 0 atom stereocenters. The second-order valence-electron chi connectivity index (χ2n) is 4.92. The van der Waals surface area contributed by atoms with E-state index in [4.69, 9.17) is 0 Å². The third kappa shape index (κ3) is 4.04. The van der Waals surface area contributed by atoms with E-state index in [0.717, 1.165) is 15.7 Å². The lowest BCUT2D eigenvalue weighted by atomic mass is 10.1. The van der Waals surface area contributed by atoms with Gasteiger partial charge in [0.15, 0.2) is 0 Å². The fraction of sp³-hybridized carbons (Fsp3) is 0.250. The van der Waals surface area contributed by atoms with Crippen molar-refractivity contribution in [2.24, 2.45) is 0 Å². The number of carbonyl (C=O) groups is 1. The minimum Gasteiger partial charge on any atom is -0.373 e. The highest BCUT2D eigenvalue weighted by Crippen LogP contribution is 2.15. The van der Waals surface area contributed by atoms with Crippen LogP contribution in [0.25, 0.3) is 0 Å². The molecule has 4 nitrogen and oxygen atoms in total. The van der Waals surface area contributed by atoms with Gasteiger partial charge >= 0.3 is 0 Å². The molecule has 1 heterocycles. The van der Waals surface area contributed by atoms with Crippen LogP contribution in [0.4, 0.5) is 5.82 Å². The standard InChI is InChI=1S/C16H18BrN3O/c1-11-8-13(9-15(18-2)19-11)16(21)20(3)10-12-4-6-14(17)7-5-12/h4-9H,10H2,1-3H3,(H,18,19). The van der Waals surface area contributed by atoms with Gasteiger partial charge in [-0.3, -0.25) is 4.79 Å². The zero-order valence-electron chi connectivity index (χ0n) is 12.4. The minimum atomic E-state index is -0.0140. The summed E-state index contributed by atoms with van der Waals surface area (Å²) >= 11 is 3.41. The Morgan fingerprint density at radius 3 is 2.57 bits per heavy atom. The molecule has 0 unspecified atom stereocenters. The average molecular weight is 348 g/mol. The first-order valence-corrected chi connectivity index (χ1v) is 7.45. The van der Waals surface area contributed by atoms with Gasteiger partial charge < -0.3 is 10.2 Å². The molecule has 1 N–H and O–H groups in total. The van der Waals surface area contributed by atoms with Gasteiger partial charge in [0.05, 0.1) is 0 Å². The maximum absolute atomic E-state index is 12.5. The zero-order chi connectivity index (χ0) is 15.4. The van der Waals surface area contributed by atoms with Crippen LogP contribution in [0.5, 0.6) is 0 Å². The molecule has 0 bridgehead atoms. The molecule has 2 aromatic rings. The summed E-state index contributed by atoms with van der Waals surface area (Å²) in [6, 6.07) is 11.5. The van der Waals surface area contributed by atoms with E-state index >= 15 is 0 Å². The van der Waals surface area contributed by atoms with Crippen molar-refractivity contribution < 1.29 is 4.79 Å². The summed E-state index contributed by atoms with van der Waals surface area (Å²) in [4.78, 5) is 18.5. The maximum Gasteiger partial charge on any atom is 0.254 e. The van der Waals surface area contributed by atoms with E-state index in [1.807, 2.05) is 31.2 Å². The minimum absolute atomic E-state index is 0.0140. The first-order valence-electron chi connectivity index (χ1n) is 6.66. The lowest BCUT2D eigenvalue weighted by Gasteiger charge is -2.18. The van der Waals surface area contributed by atoms with E-state index in [1.54, 1.807) is 31.1 Å². The molecule has 0 radical (unpaired) electrons. The summed E-state index contributed by atoms with van der Waals surface area (Å²) in [7, 11) is 3.60. The summed E-state index contributed by atoms with van der Waals surface area (Å²) in [6.45, 7) is 2.45. The van der Waals surface area contributed by atoms with Crippen molar-refractivity contribution >= 4 is 27.7 Å². The van der Waals surface area contributed by atoms with Gasteiger partial charge in [-0.1, -0.05) is 28.1 Å².